The van der Waals surface area contributed by atoms with E-state index in [0.29, 0.717) is 16.6 Å². The third-order valence-electron chi connectivity index (χ3n) is 4.01. The van der Waals surface area contributed by atoms with Crippen LogP contribution in [-0.4, -0.2) is 36.0 Å². The van der Waals surface area contributed by atoms with Crippen molar-refractivity contribution in [1.82, 2.24) is 4.90 Å². The van der Waals surface area contributed by atoms with Crippen LogP contribution in [0.2, 0.25) is 5.02 Å². The van der Waals surface area contributed by atoms with Crippen LogP contribution in [0.15, 0.2) is 18.2 Å². The summed E-state index contributed by atoms with van der Waals surface area (Å²) in [5, 5.41) is 14.7. The Morgan fingerprint density at radius 1 is 1.45 bits per heavy atom. The molecule has 1 unspecified atom stereocenters. The summed E-state index contributed by atoms with van der Waals surface area (Å²) in [6, 6.07) is 4.97. The highest BCUT2D eigenvalue weighted by atomic mass is 35.5. The summed E-state index contributed by atoms with van der Waals surface area (Å²) in [5.41, 5.74) is 0.586. The fourth-order valence-electron chi connectivity index (χ4n) is 2.67. The van der Waals surface area contributed by atoms with Crippen LogP contribution in [0.5, 0.6) is 0 Å². The van der Waals surface area contributed by atoms with Crippen molar-refractivity contribution in [3.05, 3.63) is 33.3 Å². The Bertz CT molecular complexity index is 487. The molecule has 6 heteroatoms. The summed E-state index contributed by atoms with van der Waals surface area (Å²) < 4.78 is 0. The molecule has 1 saturated heterocycles. The van der Waals surface area contributed by atoms with Crippen LogP contribution in [-0.2, 0) is 0 Å². The first-order valence-corrected chi connectivity index (χ1v) is 7.24. The van der Waals surface area contributed by atoms with Crippen molar-refractivity contribution in [2.24, 2.45) is 5.92 Å². The lowest BCUT2D eigenvalue weighted by Crippen LogP contribution is -2.37. The number of nitrogens with zero attached hydrogens (tertiary/aromatic N) is 2. The van der Waals surface area contributed by atoms with E-state index in [0.717, 1.165) is 25.9 Å². The normalized spacial score (nSPS) is 18.8. The highest BCUT2D eigenvalue weighted by molar-refractivity contribution is 6.30. The molecule has 0 aliphatic carbocycles. The van der Waals surface area contributed by atoms with E-state index in [1.54, 1.807) is 12.1 Å². The van der Waals surface area contributed by atoms with Gasteiger partial charge in [0.15, 0.2) is 0 Å². The minimum atomic E-state index is -0.393. The largest absolute Gasteiger partial charge is 0.377 e. The zero-order valence-electron chi connectivity index (χ0n) is 11.8. The topological polar surface area (TPSA) is 58.4 Å². The van der Waals surface area contributed by atoms with Crippen LogP contribution in [0, 0.1) is 16.0 Å². The summed E-state index contributed by atoms with van der Waals surface area (Å²) in [6.45, 7) is 4.26. The van der Waals surface area contributed by atoms with Gasteiger partial charge in [-0.2, -0.15) is 0 Å². The predicted molar refractivity (Wildman–Crippen MR) is 81.4 cm³/mol. The number of rotatable bonds is 4. The van der Waals surface area contributed by atoms with Crippen LogP contribution in [0.3, 0.4) is 0 Å². The van der Waals surface area contributed by atoms with Crippen molar-refractivity contribution in [3.8, 4) is 0 Å². The first-order valence-electron chi connectivity index (χ1n) is 6.86. The maximum Gasteiger partial charge on any atom is 0.293 e. The lowest BCUT2D eigenvalue weighted by atomic mass is 9.90. The molecular weight excluding hydrogens is 278 g/mol. The van der Waals surface area contributed by atoms with Gasteiger partial charge in [-0.1, -0.05) is 11.6 Å². The van der Waals surface area contributed by atoms with Gasteiger partial charge < -0.3 is 10.2 Å². The molecule has 0 saturated carbocycles. The van der Waals surface area contributed by atoms with Gasteiger partial charge in [0.05, 0.1) is 4.92 Å². The molecule has 1 N–H and O–H groups in total. The van der Waals surface area contributed by atoms with E-state index in [-0.39, 0.29) is 11.7 Å². The van der Waals surface area contributed by atoms with E-state index in [4.69, 9.17) is 11.6 Å². The number of anilines is 1. The van der Waals surface area contributed by atoms with Crippen molar-refractivity contribution in [3.63, 3.8) is 0 Å². The van der Waals surface area contributed by atoms with E-state index in [1.165, 1.54) is 6.07 Å². The first-order chi connectivity index (χ1) is 9.47. The number of nitro benzene ring substituents is 1. The first kappa shape index (κ1) is 15.1. The Morgan fingerprint density at radius 3 is 2.70 bits per heavy atom. The Morgan fingerprint density at radius 2 is 2.10 bits per heavy atom. The standard InChI is InChI=1S/C14H20ClN3O2/c1-10(11-5-7-17(2)8-6-11)16-13-4-3-12(15)9-14(13)18(19)20/h3-4,9-11,16H,5-8H2,1-2H3. The third-order valence-corrected chi connectivity index (χ3v) is 4.25. The molecule has 1 aliphatic rings. The molecule has 1 aromatic carbocycles. The molecule has 1 heterocycles. The average molecular weight is 298 g/mol. The number of piperidine rings is 1. The zero-order chi connectivity index (χ0) is 14.7. The Kier molecular flexibility index (Phi) is 4.83. The van der Waals surface area contributed by atoms with Crippen LogP contribution in [0.1, 0.15) is 19.8 Å². The fourth-order valence-corrected chi connectivity index (χ4v) is 2.84. The van der Waals surface area contributed by atoms with Crippen molar-refractivity contribution >= 4 is 23.0 Å². The van der Waals surface area contributed by atoms with Crippen molar-refractivity contribution in [2.45, 2.75) is 25.8 Å². The van der Waals surface area contributed by atoms with Crippen molar-refractivity contribution < 1.29 is 4.92 Å². The number of likely N-dealkylation sites (tertiary alicyclic amines) is 1. The number of nitro groups is 1. The number of benzene rings is 1. The molecule has 1 aliphatic heterocycles. The second kappa shape index (κ2) is 6.41. The number of nitrogens with one attached hydrogen (secondary N) is 1. The maximum absolute atomic E-state index is 11.1. The van der Waals surface area contributed by atoms with Gasteiger partial charge in [-0.15, -0.1) is 0 Å². The molecular formula is C14H20ClN3O2. The third kappa shape index (κ3) is 3.61. The summed E-state index contributed by atoms with van der Waals surface area (Å²) in [5.74, 6) is 0.543. The van der Waals surface area contributed by atoms with E-state index in [1.807, 2.05) is 0 Å². The molecule has 0 radical (unpaired) electrons. The zero-order valence-corrected chi connectivity index (χ0v) is 12.6. The van der Waals surface area contributed by atoms with Crippen LogP contribution in [0.25, 0.3) is 0 Å². The summed E-state index contributed by atoms with van der Waals surface area (Å²) in [7, 11) is 2.12. The van der Waals surface area contributed by atoms with Gasteiger partial charge in [-0.3, -0.25) is 10.1 Å². The molecule has 0 aromatic heterocycles. The van der Waals surface area contributed by atoms with Gasteiger partial charge in [0.25, 0.3) is 5.69 Å². The highest BCUT2D eigenvalue weighted by Crippen LogP contribution is 2.30. The fraction of sp³-hybridized carbons (Fsp3) is 0.571. The lowest BCUT2D eigenvalue weighted by molar-refractivity contribution is -0.384. The molecule has 0 bridgehead atoms. The second-order valence-electron chi connectivity index (χ2n) is 5.49. The number of hydrogen-bond acceptors (Lipinski definition) is 4. The quantitative estimate of drug-likeness (QED) is 0.683. The lowest BCUT2D eigenvalue weighted by Gasteiger charge is -2.33. The van der Waals surface area contributed by atoms with Crippen LogP contribution >= 0.6 is 11.6 Å². The molecule has 110 valence electrons. The number of halogens is 1. The van der Waals surface area contributed by atoms with Gasteiger partial charge in [0, 0.05) is 17.1 Å². The van der Waals surface area contributed by atoms with Gasteiger partial charge in [-0.05, 0) is 58.0 Å². The number of hydrogen-bond donors (Lipinski definition) is 1. The van der Waals surface area contributed by atoms with E-state index in [9.17, 15) is 10.1 Å². The highest BCUT2D eigenvalue weighted by Gasteiger charge is 2.24. The van der Waals surface area contributed by atoms with E-state index >= 15 is 0 Å². The molecule has 1 atom stereocenters. The molecule has 0 spiro atoms. The smallest absolute Gasteiger partial charge is 0.293 e. The van der Waals surface area contributed by atoms with Crippen LogP contribution in [0.4, 0.5) is 11.4 Å². The molecule has 1 aromatic rings. The van der Waals surface area contributed by atoms with Crippen molar-refractivity contribution in [2.75, 3.05) is 25.5 Å². The molecule has 20 heavy (non-hydrogen) atoms. The monoisotopic (exact) mass is 297 g/mol. The SMILES string of the molecule is CC(Nc1ccc(Cl)cc1[N+](=O)[O-])C1CCN(C)CC1. The molecule has 0 amide bonds. The second-order valence-corrected chi connectivity index (χ2v) is 5.93. The van der Waals surface area contributed by atoms with Gasteiger partial charge in [0.2, 0.25) is 0 Å². The Labute approximate surface area is 124 Å². The predicted octanol–water partition coefficient (Wildman–Crippen LogP) is 3.39. The minimum Gasteiger partial charge on any atom is -0.377 e. The molecule has 1 fully saturated rings. The Hall–Kier alpha value is -1.33. The summed E-state index contributed by atoms with van der Waals surface area (Å²) >= 11 is 5.82. The van der Waals surface area contributed by atoms with Crippen molar-refractivity contribution in [1.29, 1.82) is 0 Å². The Balaban J connectivity index is 2.07. The van der Waals surface area contributed by atoms with Gasteiger partial charge in [0.1, 0.15) is 5.69 Å². The van der Waals surface area contributed by atoms with Gasteiger partial charge in [-0.25, -0.2) is 0 Å². The molecule has 2 rings (SSSR count). The minimum absolute atomic E-state index is 0.0391. The van der Waals surface area contributed by atoms with E-state index in [2.05, 4.69) is 24.2 Å². The summed E-state index contributed by atoms with van der Waals surface area (Å²) in [6.07, 6.45) is 2.23. The maximum atomic E-state index is 11.1. The van der Waals surface area contributed by atoms with E-state index < -0.39 is 4.92 Å². The van der Waals surface area contributed by atoms with Crippen LogP contribution < -0.4 is 5.32 Å². The summed E-state index contributed by atoms with van der Waals surface area (Å²) in [4.78, 5) is 13.0. The van der Waals surface area contributed by atoms with Gasteiger partial charge >= 0.3 is 0 Å². The average Bonchev–Trinajstić information content (AvgIpc) is 2.41. The molecule has 5 nitrogen and oxygen atoms in total.